The molecule has 1 aliphatic rings. The van der Waals surface area contributed by atoms with Gasteiger partial charge in [0.05, 0.1) is 19.7 Å². The second-order valence-corrected chi connectivity index (χ2v) is 8.47. The lowest BCUT2D eigenvalue weighted by molar-refractivity contribution is -0.141. The van der Waals surface area contributed by atoms with Gasteiger partial charge < -0.3 is 23.8 Å². The minimum absolute atomic E-state index is 0.0381. The number of aryl methyl sites for hydroxylation is 1. The molecular weight excluding hydrogens is 394 g/mol. The molecule has 176 valence electrons. The summed E-state index contributed by atoms with van der Waals surface area (Å²) in [5.41, 5.74) is 1.06. The van der Waals surface area contributed by atoms with Crippen LogP contribution in [0.25, 0.3) is 0 Å². The van der Waals surface area contributed by atoms with Crippen molar-refractivity contribution in [1.29, 1.82) is 0 Å². The zero-order valence-corrected chi connectivity index (χ0v) is 19.7. The summed E-state index contributed by atoms with van der Waals surface area (Å²) in [5.74, 6) is 0.714. The summed E-state index contributed by atoms with van der Waals surface area (Å²) >= 11 is 0. The Kier molecular flexibility index (Phi) is 11.7. The molecule has 1 heterocycles. The van der Waals surface area contributed by atoms with Crippen LogP contribution in [0, 0.1) is 5.92 Å². The van der Waals surface area contributed by atoms with Crippen LogP contribution < -0.4 is 0 Å². The van der Waals surface area contributed by atoms with Gasteiger partial charge in [-0.1, -0.05) is 25.7 Å². The Morgan fingerprint density at radius 1 is 1.13 bits per heavy atom. The van der Waals surface area contributed by atoms with Gasteiger partial charge in [0.2, 0.25) is 11.8 Å². The summed E-state index contributed by atoms with van der Waals surface area (Å²) in [7, 11) is 3.61. The number of nitrogens with zero attached hydrogens (tertiary/aromatic N) is 3. The van der Waals surface area contributed by atoms with E-state index in [-0.39, 0.29) is 18.4 Å². The molecule has 0 spiro atoms. The van der Waals surface area contributed by atoms with Gasteiger partial charge in [-0.15, -0.1) is 0 Å². The first-order valence-electron chi connectivity index (χ1n) is 11.8. The maximum atomic E-state index is 13.2. The van der Waals surface area contributed by atoms with Gasteiger partial charge in [0.15, 0.2) is 0 Å². The summed E-state index contributed by atoms with van der Waals surface area (Å²) < 4.78 is 12.7. The van der Waals surface area contributed by atoms with Crippen molar-refractivity contribution in [3.05, 3.63) is 24.0 Å². The predicted octanol–water partition coefficient (Wildman–Crippen LogP) is 3.23. The highest BCUT2D eigenvalue weighted by Gasteiger charge is 2.23. The summed E-state index contributed by atoms with van der Waals surface area (Å²) in [6.07, 6.45) is 9.21. The standard InChI is InChI=1S/C24H41N3O4/c1-4-31-17-8-15-26(23(28)13-12-21-9-5-6-10-21)20-24(29)27(16-18-30-3)19-22-11-7-14-25(22)2/h7,11,14,21H,4-6,8-10,12-13,15-20H2,1-3H3. The van der Waals surface area contributed by atoms with Crippen molar-refractivity contribution in [2.75, 3.05) is 46.6 Å². The van der Waals surface area contributed by atoms with Crippen molar-refractivity contribution in [2.45, 2.75) is 58.4 Å². The molecular formula is C24H41N3O4. The number of carbonyl (C=O) groups excluding carboxylic acids is 2. The monoisotopic (exact) mass is 435 g/mol. The molecule has 2 rings (SSSR count). The van der Waals surface area contributed by atoms with E-state index in [2.05, 4.69) is 0 Å². The molecule has 0 saturated heterocycles. The lowest BCUT2D eigenvalue weighted by Gasteiger charge is -2.28. The van der Waals surface area contributed by atoms with Crippen LogP contribution in [-0.4, -0.2) is 72.7 Å². The zero-order valence-electron chi connectivity index (χ0n) is 19.7. The smallest absolute Gasteiger partial charge is 0.242 e. The summed E-state index contributed by atoms with van der Waals surface area (Å²) in [5, 5.41) is 0. The minimum Gasteiger partial charge on any atom is -0.383 e. The molecule has 1 aromatic heterocycles. The predicted molar refractivity (Wildman–Crippen MR) is 122 cm³/mol. The lowest BCUT2D eigenvalue weighted by Crippen LogP contribution is -2.44. The Morgan fingerprint density at radius 2 is 1.90 bits per heavy atom. The number of aromatic nitrogens is 1. The maximum Gasteiger partial charge on any atom is 0.242 e. The molecule has 0 unspecified atom stereocenters. The Balaban J connectivity index is 1.98. The van der Waals surface area contributed by atoms with E-state index in [0.29, 0.717) is 51.8 Å². The quantitative estimate of drug-likeness (QED) is 0.397. The van der Waals surface area contributed by atoms with Crippen LogP contribution in [0.15, 0.2) is 18.3 Å². The SMILES string of the molecule is CCOCCCN(CC(=O)N(CCOC)Cc1cccn1C)C(=O)CCC1CCCC1. The average Bonchev–Trinajstić information content (AvgIpc) is 3.43. The Morgan fingerprint density at radius 3 is 2.55 bits per heavy atom. The Labute approximate surface area is 187 Å². The largest absolute Gasteiger partial charge is 0.383 e. The van der Waals surface area contributed by atoms with E-state index in [1.54, 1.807) is 16.9 Å². The molecule has 0 bridgehead atoms. The molecule has 2 amide bonds. The molecule has 31 heavy (non-hydrogen) atoms. The Bertz CT molecular complexity index is 655. The number of amides is 2. The lowest BCUT2D eigenvalue weighted by atomic mass is 10.0. The highest BCUT2D eigenvalue weighted by Crippen LogP contribution is 2.28. The molecule has 0 aromatic carbocycles. The molecule has 1 fully saturated rings. The van der Waals surface area contributed by atoms with Crippen molar-refractivity contribution < 1.29 is 19.1 Å². The highest BCUT2D eigenvalue weighted by molar-refractivity contribution is 5.84. The molecule has 1 aromatic rings. The molecule has 7 nitrogen and oxygen atoms in total. The number of carbonyl (C=O) groups is 2. The number of hydrogen-bond donors (Lipinski definition) is 0. The third-order valence-electron chi connectivity index (χ3n) is 6.16. The second kappa shape index (κ2) is 14.2. The van der Waals surface area contributed by atoms with Gasteiger partial charge in [0.25, 0.3) is 0 Å². The molecule has 7 heteroatoms. The van der Waals surface area contributed by atoms with Crippen molar-refractivity contribution in [1.82, 2.24) is 14.4 Å². The highest BCUT2D eigenvalue weighted by atomic mass is 16.5. The molecule has 1 saturated carbocycles. The van der Waals surface area contributed by atoms with E-state index in [1.165, 1.54) is 25.7 Å². The van der Waals surface area contributed by atoms with E-state index in [9.17, 15) is 9.59 Å². The number of hydrogen-bond acceptors (Lipinski definition) is 4. The first-order chi connectivity index (χ1) is 15.0. The molecule has 0 N–H and O–H groups in total. The normalized spacial score (nSPS) is 14.2. The van der Waals surface area contributed by atoms with Crippen LogP contribution in [0.5, 0.6) is 0 Å². The van der Waals surface area contributed by atoms with Gasteiger partial charge in [-0.2, -0.15) is 0 Å². The van der Waals surface area contributed by atoms with E-state index < -0.39 is 0 Å². The zero-order chi connectivity index (χ0) is 22.5. The molecule has 0 radical (unpaired) electrons. The Hall–Kier alpha value is -1.86. The minimum atomic E-state index is -0.0381. The third-order valence-corrected chi connectivity index (χ3v) is 6.16. The fourth-order valence-corrected chi connectivity index (χ4v) is 4.19. The van der Waals surface area contributed by atoms with E-state index in [0.717, 1.165) is 18.5 Å². The second-order valence-electron chi connectivity index (χ2n) is 8.47. The summed E-state index contributed by atoms with van der Waals surface area (Å²) in [6, 6.07) is 3.99. The van der Waals surface area contributed by atoms with Crippen LogP contribution in [0.1, 0.15) is 57.6 Å². The maximum absolute atomic E-state index is 13.2. The van der Waals surface area contributed by atoms with Gasteiger partial charge >= 0.3 is 0 Å². The van der Waals surface area contributed by atoms with Gasteiger partial charge in [-0.05, 0) is 37.8 Å². The van der Waals surface area contributed by atoms with Gasteiger partial charge in [-0.3, -0.25) is 9.59 Å². The van der Waals surface area contributed by atoms with Crippen molar-refractivity contribution >= 4 is 11.8 Å². The third kappa shape index (κ3) is 9.03. The van der Waals surface area contributed by atoms with Crippen molar-refractivity contribution in [3.63, 3.8) is 0 Å². The van der Waals surface area contributed by atoms with Crippen LogP contribution >= 0.6 is 0 Å². The fraction of sp³-hybridized carbons (Fsp3) is 0.750. The van der Waals surface area contributed by atoms with Crippen LogP contribution in [-0.2, 0) is 32.7 Å². The first kappa shape index (κ1) is 25.4. The van der Waals surface area contributed by atoms with Crippen LogP contribution in [0.2, 0.25) is 0 Å². The van der Waals surface area contributed by atoms with E-state index in [1.807, 2.05) is 36.9 Å². The number of ether oxygens (including phenoxy) is 2. The summed E-state index contributed by atoms with van der Waals surface area (Å²) in [6.45, 7) is 5.38. The van der Waals surface area contributed by atoms with E-state index in [4.69, 9.17) is 9.47 Å². The number of rotatable bonds is 15. The summed E-state index contributed by atoms with van der Waals surface area (Å²) in [4.78, 5) is 29.7. The van der Waals surface area contributed by atoms with E-state index >= 15 is 0 Å². The fourth-order valence-electron chi connectivity index (χ4n) is 4.19. The topological polar surface area (TPSA) is 64.0 Å². The van der Waals surface area contributed by atoms with Crippen molar-refractivity contribution in [3.8, 4) is 0 Å². The molecule has 0 aliphatic heterocycles. The van der Waals surface area contributed by atoms with Crippen LogP contribution in [0.4, 0.5) is 0 Å². The first-order valence-corrected chi connectivity index (χ1v) is 11.8. The van der Waals surface area contributed by atoms with Gasteiger partial charge in [0.1, 0.15) is 0 Å². The number of methoxy groups -OCH3 is 1. The molecule has 0 atom stereocenters. The average molecular weight is 436 g/mol. The van der Waals surface area contributed by atoms with Crippen LogP contribution in [0.3, 0.4) is 0 Å². The van der Waals surface area contributed by atoms with Gasteiger partial charge in [-0.25, -0.2) is 0 Å². The van der Waals surface area contributed by atoms with Crippen molar-refractivity contribution in [2.24, 2.45) is 13.0 Å². The van der Waals surface area contributed by atoms with Gasteiger partial charge in [0, 0.05) is 58.8 Å². The molecule has 1 aliphatic carbocycles.